The van der Waals surface area contributed by atoms with Crippen molar-refractivity contribution in [2.75, 3.05) is 11.4 Å². The molecule has 0 fully saturated rings. The number of nitrogens with zero attached hydrogens (tertiary/aromatic N) is 5. The number of urea groups is 1. The molecule has 0 radical (unpaired) electrons. The van der Waals surface area contributed by atoms with Gasteiger partial charge in [-0.1, -0.05) is 19.0 Å². The molecule has 9 heteroatoms. The zero-order chi connectivity index (χ0) is 18.7. The first-order valence-electron chi connectivity index (χ1n) is 8.81. The molecule has 0 unspecified atom stereocenters. The van der Waals surface area contributed by atoms with E-state index < -0.39 is 0 Å². The van der Waals surface area contributed by atoms with Crippen LogP contribution in [0.4, 0.5) is 10.6 Å². The number of Topliss-reactive ketones (excluding diaryl/α,β-unsaturated/α-hetero) is 1. The molecule has 2 aromatic heterocycles. The van der Waals surface area contributed by atoms with E-state index >= 15 is 0 Å². The molecular weight excluding hydrogens is 336 g/mol. The molecule has 1 N–H and O–H groups in total. The molecule has 3 heterocycles. The summed E-state index contributed by atoms with van der Waals surface area (Å²) >= 11 is 0. The lowest BCUT2D eigenvalue weighted by Crippen LogP contribution is -2.45. The number of carbonyl (C=O) groups excluding carboxylic acids is 2. The molecule has 1 aliphatic heterocycles. The molecular formula is C17H22N6O3. The molecule has 0 aromatic carbocycles. The predicted molar refractivity (Wildman–Crippen MR) is 93.6 cm³/mol. The number of ketones is 1. The van der Waals surface area contributed by atoms with Crippen molar-refractivity contribution in [2.24, 2.45) is 0 Å². The standard InChI is InChI=1S/C17H22N6O3/c1-4-6-11(24)8-12-14(10(3)26-22-12)15-19-13-9-18-17(25)23(7-5-2)16(13)21-20-15/h4-9H2,1-3H3,(H,18,25). The largest absolute Gasteiger partial charge is 0.361 e. The van der Waals surface area contributed by atoms with Gasteiger partial charge in [-0.05, 0) is 19.8 Å². The third-order valence-electron chi connectivity index (χ3n) is 4.14. The lowest BCUT2D eigenvalue weighted by atomic mass is 10.1. The highest BCUT2D eigenvalue weighted by Gasteiger charge is 2.28. The number of nitrogens with one attached hydrogen (secondary N) is 1. The minimum atomic E-state index is -0.199. The van der Waals surface area contributed by atoms with Crippen LogP contribution >= 0.6 is 0 Å². The van der Waals surface area contributed by atoms with Crippen LogP contribution in [-0.2, 0) is 17.8 Å². The van der Waals surface area contributed by atoms with E-state index in [1.54, 1.807) is 6.92 Å². The number of amides is 2. The van der Waals surface area contributed by atoms with Gasteiger partial charge < -0.3 is 9.84 Å². The fourth-order valence-corrected chi connectivity index (χ4v) is 2.95. The number of carbonyl (C=O) groups is 2. The Morgan fingerprint density at radius 3 is 2.81 bits per heavy atom. The topological polar surface area (TPSA) is 114 Å². The molecule has 138 valence electrons. The van der Waals surface area contributed by atoms with Gasteiger partial charge >= 0.3 is 6.03 Å². The van der Waals surface area contributed by atoms with E-state index in [9.17, 15) is 9.59 Å². The maximum absolute atomic E-state index is 12.0. The van der Waals surface area contributed by atoms with Crippen molar-refractivity contribution in [2.45, 2.75) is 53.0 Å². The Bertz CT molecular complexity index is 832. The van der Waals surface area contributed by atoms with Crippen molar-refractivity contribution in [1.29, 1.82) is 0 Å². The van der Waals surface area contributed by atoms with E-state index in [2.05, 4.69) is 25.7 Å². The summed E-state index contributed by atoms with van der Waals surface area (Å²) in [6.45, 7) is 6.52. The summed E-state index contributed by atoms with van der Waals surface area (Å²) in [6.07, 6.45) is 2.26. The number of hydrogen-bond acceptors (Lipinski definition) is 7. The molecule has 0 bridgehead atoms. The molecule has 0 aliphatic carbocycles. The van der Waals surface area contributed by atoms with Gasteiger partial charge in [-0.15, -0.1) is 10.2 Å². The quantitative estimate of drug-likeness (QED) is 0.807. The summed E-state index contributed by atoms with van der Waals surface area (Å²) in [6, 6.07) is -0.199. The molecule has 0 saturated carbocycles. The molecule has 0 spiro atoms. The predicted octanol–water partition coefficient (Wildman–Crippen LogP) is 2.19. The fraction of sp³-hybridized carbons (Fsp3) is 0.529. The summed E-state index contributed by atoms with van der Waals surface area (Å²) in [7, 11) is 0. The van der Waals surface area contributed by atoms with Crippen molar-refractivity contribution in [3.8, 4) is 11.4 Å². The van der Waals surface area contributed by atoms with Gasteiger partial charge in [0.1, 0.15) is 22.9 Å². The van der Waals surface area contributed by atoms with Crippen molar-refractivity contribution < 1.29 is 14.1 Å². The van der Waals surface area contributed by atoms with Crippen LogP contribution in [-0.4, -0.2) is 38.7 Å². The number of anilines is 1. The maximum atomic E-state index is 12.0. The fourth-order valence-electron chi connectivity index (χ4n) is 2.95. The average molecular weight is 358 g/mol. The summed E-state index contributed by atoms with van der Waals surface area (Å²) in [5.41, 5.74) is 1.76. The first-order valence-corrected chi connectivity index (χ1v) is 8.81. The van der Waals surface area contributed by atoms with Gasteiger partial charge in [0, 0.05) is 13.0 Å². The first-order chi connectivity index (χ1) is 12.5. The second kappa shape index (κ2) is 7.59. The van der Waals surface area contributed by atoms with Gasteiger partial charge in [0.15, 0.2) is 11.6 Å². The van der Waals surface area contributed by atoms with Crippen molar-refractivity contribution in [1.82, 2.24) is 25.7 Å². The molecule has 9 nitrogen and oxygen atoms in total. The highest BCUT2D eigenvalue weighted by molar-refractivity contribution is 5.93. The SMILES string of the molecule is CCCC(=O)Cc1noc(C)c1-c1nnc2c(n1)CNC(=O)N2CCC. The molecule has 1 aliphatic rings. The smallest absolute Gasteiger partial charge is 0.323 e. The average Bonchev–Trinajstić information content (AvgIpc) is 2.97. The minimum Gasteiger partial charge on any atom is -0.361 e. The second-order valence-electron chi connectivity index (χ2n) is 6.24. The zero-order valence-corrected chi connectivity index (χ0v) is 15.2. The molecule has 2 amide bonds. The van der Waals surface area contributed by atoms with E-state index in [0.717, 1.165) is 12.8 Å². The van der Waals surface area contributed by atoms with Crippen LogP contribution in [0.15, 0.2) is 4.52 Å². The minimum absolute atomic E-state index is 0.0920. The number of rotatable bonds is 7. The number of aryl methyl sites for hydroxylation is 1. The van der Waals surface area contributed by atoms with Gasteiger partial charge in [-0.3, -0.25) is 9.69 Å². The summed E-state index contributed by atoms with van der Waals surface area (Å²) in [5, 5.41) is 15.2. The van der Waals surface area contributed by atoms with Crippen LogP contribution < -0.4 is 10.2 Å². The monoisotopic (exact) mass is 358 g/mol. The van der Waals surface area contributed by atoms with Gasteiger partial charge in [-0.25, -0.2) is 9.78 Å². The Balaban J connectivity index is 1.95. The van der Waals surface area contributed by atoms with Crippen LogP contribution in [0, 0.1) is 6.92 Å². The molecule has 0 saturated heterocycles. The Hall–Kier alpha value is -2.84. The summed E-state index contributed by atoms with van der Waals surface area (Å²) in [4.78, 5) is 30.1. The van der Waals surface area contributed by atoms with E-state index in [1.807, 2.05) is 13.8 Å². The van der Waals surface area contributed by atoms with Gasteiger partial charge in [0.05, 0.1) is 18.5 Å². The Kier molecular flexibility index (Phi) is 5.24. The van der Waals surface area contributed by atoms with Gasteiger partial charge in [0.25, 0.3) is 0 Å². The van der Waals surface area contributed by atoms with Crippen molar-refractivity contribution >= 4 is 17.6 Å². The zero-order valence-electron chi connectivity index (χ0n) is 15.2. The van der Waals surface area contributed by atoms with Crippen molar-refractivity contribution in [3.05, 3.63) is 17.1 Å². The molecule has 0 atom stereocenters. The van der Waals surface area contributed by atoms with Crippen LogP contribution in [0.25, 0.3) is 11.4 Å². The van der Waals surface area contributed by atoms with Crippen LogP contribution in [0.1, 0.15) is 50.3 Å². The Morgan fingerprint density at radius 2 is 2.08 bits per heavy atom. The van der Waals surface area contributed by atoms with Crippen LogP contribution in [0.3, 0.4) is 0 Å². The van der Waals surface area contributed by atoms with Crippen molar-refractivity contribution in [3.63, 3.8) is 0 Å². The number of aromatic nitrogens is 4. The lowest BCUT2D eigenvalue weighted by molar-refractivity contribution is -0.118. The summed E-state index contributed by atoms with van der Waals surface area (Å²) < 4.78 is 5.26. The molecule has 3 rings (SSSR count). The highest BCUT2D eigenvalue weighted by atomic mass is 16.5. The van der Waals surface area contributed by atoms with Crippen LogP contribution in [0.2, 0.25) is 0 Å². The number of hydrogen-bond donors (Lipinski definition) is 1. The lowest BCUT2D eigenvalue weighted by Gasteiger charge is -2.27. The highest BCUT2D eigenvalue weighted by Crippen LogP contribution is 2.27. The molecule has 26 heavy (non-hydrogen) atoms. The maximum Gasteiger partial charge on any atom is 0.323 e. The normalized spacial score (nSPS) is 13.5. The number of fused-ring (bicyclic) bond motifs is 1. The first kappa shape index (κ1) is 18.0. The van der Waals surface area contributed by atoms with E-state index in [0.29, 0.717) is 47.3 Å². The van der Waals surface area contributed by atoms with Gasteiger partial charge in [-0.2, -0.15) is 0 Å². The van der Waals surface area contributed by atoms with Gasteiger partial charge in [0.2, 0.25) is 0 Å². The molecule has 2 aromatic rings. The second-order valence-corrected chi connectivity index (χ2v) is 6.24. The van der Waals surface area contributed by atoms with E-state index in [-0.39, 0.29) is 24.8 Å². The third kappa shape index (κ3) is 3.42. The Morgan fingerprint density at radius 1 is 1.27 bits per heavy atom. The Labute approximate surface area is 151 Å². The van der Waals surface area contributed by atoms with Crippen LogP contribution in [0.5, 0.6) is 0 Å². The van der Waals surface area contributed by atoms with E-state index in [4.69, 9.17) is 4.52 Å². The summed E-state index contributed by atoms with van der Waals surface area (Å²) in [5.74, 6) is 1.46. The third-order valence-corrected chi connectivity index (χ3v) is 4.14. The van der Waals surface area contributed by atoms with E-state index in [1.165, 1.54) is 4.90 Å².